The van der Waals surface area contributed by atoms with Crippen LogP contribution in [0.25, 0.3) is 0 Å². The zero-order valence-electron chi connectivity index (χ0n) is 10.6. The number of carbonyl (C=O) groups is 1. The van der Waals surface area contributed by atoms with Crippen LogP contribution in [0.2, 0.25) is 0 Å². The number of aryl methyl sites for hydroxylation is 1. The average molecular weight is 283 g/mol. The van der Waals surface area contributed by atoms with Crippen LogP contribution in [-0.4, -0.2) is 16.1 Å². The number of carbonyl (C=O) groups excluding carboxylic acids is 1. The van der Waals surface area contributed by atoms with E-state index in [9.17, 15) is 18.0 Å². The Hall–Kier alpha value is -2.31. The van der Waals surface area contributed by atoms with E-state index in [1.165, 1.54) is 0 Å². The Balaban J connectivity index is 2.27. The van der Waals surface area contributed by atoms with Gasteiger partial charge in [0.1, 0.15) is 0 Å². The number of aromatic nitrogens is 2. The Kier molecular flexibility index (Phi) is 3.78. The van der Waals surface area contributed by atoms with Gasteiger partial charge in [-0.1, -0.05) is 25.1 Å². The molecule has 0 spiro atoms. The highest BCUT2D eigenvalue weighted by Crippen LogP contribution is 2.30. The highest BCUT2D eigenvalue weighted by Gasteiger charge is 2.37. The van der Waals surface area contributed by atoms with Crippen molar-refractivity contribution < 1.29 is 18.0 Å². The molecule has 1 heterocycles. The summed E-state index contributed by atoms with van der Waals surface area (Å²) in [5.74, 6) is -0.841. The first-order chi connectivity index (χ1) is 9.43. The predicted molar refractivity (Wildman–Crippen MR) is 67.4 cm³/mol. The molecule has 2 aromatic rings. The van der Waals surface area contributed by atoms with Crippen LogP contribution in [0.5, 0.6) is 0 Å². The molecule has 4 nitrogen and oxygen atoms in total. The van der Waals surface area contributed by atoms with Crippen LogP contribution >= 0.6 is 0 Å². The standard InChI is InChI=1S/C13H12F3N3O/c1-2-8-5-3-4-6-10(8)18-12(20)9-7-17-19-11(9)13(14,15)16/h3-7H,2H2,1H3,(H,17,19)(H,18,20). The molecule has 7 heteroatoms. The third-order valence-electron chi connectivity index (χ3n) is 2.81. The van der Waals surface area contributed by atoms with Gasteiger partial charge in [0, 0.05) is 5.69 Å². The molecular formula is C13H12F3N3O. The lowest BCUT2D eigenvalue weighted by Crippen LogP contribution is -2.18. The maximum Gasteiger partial charge on any atom is 0.433 e. The number of benzene rings is 1. The summed E-state index contributed by atoms with van der Waals surface area (Å²) in [6.45, 7) is 1.89. The second kappa shape index (κ2) is 5.36. The van der Waals surface area contributed by atoms with E-state index in [4.69, 9.17) is 0 Å². The van der Waals surface area contributed by atoms with Gasteiger partial charge in [-0.3, -0.25) is 9.89 Å². The lowest BCUT2D eigenvalue weighted by atomic mass is 10.1. The molecule has 0 atom stereocenters. The third kappa shape index (κ3) is 2.81. The van der Waals surface area contributed by atoms with Crippen LogP contribution in [-0.2, 0) is 12.6 Å². The molecule has 0 bridgehead atoms. The molecule has 0 unspecified atom stereocenters. The number of aromatic amines is 1. The number of hydrogen-bond acceptors (Lipinski definition) is 2. The number of alkyl halides is 3. The molecule has 0 saturated carbocycles. The lowest BCUT2D eigenvalue weighted by Gasteiger charge is -2.10. The molecule has 2 rings (SSSR count). The molecule has 0 aliphatic carbocycles. The Morgan fingerprint density at radius 2 is 2.05 bits per heavy atom. The number of amides is 1. The van der Waals surface area contributed by atoms with Gasteiger partial charge in [0.2, 0.25) is 0 Å². The van der Waals surface area contributed by atoms with E-state index >= 15 is 0 Å². The van der Waals surface area contributed by atoms with Gasteiger partial charge in [-0.05, 0) is 18.1 Å². The van der Waals surface area contributed by atoms with Crippen molar-refractivity contribution in [3.8, 4) is 0 Å². The van der Waals surface area contributed by atoms with Crippen molar-refractivity contribution in [2.45, 2.75) is 19.5 Å². The van der Waals surface area contributed by atoms with Gasteiger partial charge in [-0.25, -0.2) is 0 Å². The number of nitrogens with one attached hydrogen (secondary N) is 2. The first kappa shape index (κ1) is 14.1. The number of H-pyrrole nitrogens is 1. The maximum absolute atomic E-state index is 12.7. The molecule has 1 amide bonds. The summed E-state index contributed by atoms with van der Waals surface area (Å²) in [5, 5.41) is 7.57. The minimum atomic E-state index is -4.65. The summed E-state index contributed by atoms with van der Waals surface area (Å²) in [7, 11) is 0. The van der Waals surface area contributed by atoms with Gasteiger partial charge >= 0.3 is 6.18 Å². The van der Waals surface area contributed by atoms with E-state index < -0.39 is 23.3 Å². The first-order valence-corrected chi connectivity index (χ1v) is 5.93. The molecule has 0 fully saturated rings. The number of nitrogens with zero attached hydrogens (tertiary/aromatic N) is 1. The molecule has 0 aliphatic rings. The van der Waals surface area contributed by atoms with Gasteiger partial charge < -0.3 is 5.32 Å². The number of hydrogen-bond donors (Lipinski definition) is 2. The molecule has 0 radical (unpaired) electrons. The number of anilines is 1. The van der Waals surface area contributed by atoms with Crippen LogP contribution in [0.15, 0.2) is 30.5 Å². The summed E-state index contributed by atoms with van der Waals surface area (Å²) in [6, 6.07) is 6.95. The number of rotatable bonds is 3. The quantitative estimate of drug-likeness (QED) is 0.908. The molecule has 1 aromatic heterocycles. The van der Waals surface area contributed by atoms with Crippen LogP contribution in [0.4, 0.5) is 18.9 Å². The minimum Gasteiger partial charge on any atom is -0.322 e. The van der Waals surface area contributed by atoms with Gasteiger partial charge in [0.25, 0.3) is 5.91 Å². The molecule has 1 aromatic carbocycles. The molecular weight excluding hydrogens is 271 g/mol. The monoisotopic (exact) mass is 283 g/mol. The third-order valence-corrected chi connectivity index (χ3v) is 2.81. The Bertz CT molecular complexity index is 619. The van der Waals surface area contributed by atoms with Crippen LogP contribution in [0.3, 0.4) is 0 Å². The maximum atomic E-state index is 12.7. The van der Waals surface area contributed by atoms with Crippen molar-refractivity contribution in [3.05, 3.63) is 47.3 Å². The van der Waals surface area contributed by atoms with E-state index in [1.54, 1.807) is 29.4 Å². The van der Waals surface area contributed by atoms with Crippen molar-refractivity contribution >= 4 is 11.6 Å². The Morgan fingerprint density at radius 3 is 2.70 bits per heavy atom. The van der Waals surface area contributed by atoms with Crippen LogP contribution in [0.1, 0.15) is 28.5 Å². The topological polar surface area (TPSA) is 57.8 Å². The van der Waals surface area contributed by atoms with E-state index in [-0.39, 0.29) is 0 Å². The highest BCUT2D eigenvalue weighted by molar-refractivity contribution is 6.05. The largest absolute Gasteiger partial charge is 0.433 e. The van der Waals surface area contributed by atoms with Crippen molar-refractivity contribution in [3.63, 3.8) is 0 Å². The molecule has 106 valence electrons. The summed E-state index contributed by atoms with van der Waals surface area (Å²) < 4.78 is 38.0. The summed E-state index contributed by atoms with van der Waals surface area (Å²) >= 11 is 0. The minimum absolute atomic E-state index is 0.495. The molecule has 0 aliphatic heterocycles. The van der Waals surface area contributed by atoms with Gasteiger partial charge in [-0.15, -0.1) is 0 Å². The SMILES string of the molecule is CCc1ccccc1NC(=O)c1cn[nH]c1C(F)(F)F. The van der Waals surface area contributed by atoms with Crippen molar-refractivity contribution in [1.29, 1.82) is 0 Å². The van der Waals surface area contributed by atoms with E-state index in [2.05, 4.69) is 10.4 Å². The second-order valence-electron chi connectivity index (χ2n) is 4.12. The Morgan fingerprint density at radius 1 is 1.35 bits per heavy atom. The number of para-hydroxylation sites is 1. The lowest BCUT2D eigenvalue weighted by molar-refractivity contribution is -0.141. The number of halogens is 3. The van der Waals surface area contributed by atoms with Gasteiger partial charge in [0.05, 0.1) is 11.8 Å². The zero-order valence-corrected chi connectivity index (χ0v) is 10.6. The van der Waals surface area contributed by atoms with E-state index in [0.29, 0.717) is 12.1 Å². The van der Waals surface area contributed by atoms with Crippen molar-refractivity contribution in [2.75, 3.05) is 5.32 Å². The normalized spacial score (nSPS) is 11.4. The van der Waals surface area contributed by atoms with E-state index in [1.807, 2.05) is 6.92 Å². The predicted octanol–water partition coefficient (Wildman–Crippen LogP) is 3.24. The smallest absolute Gasteiger partial charge is 0.322 e. The van der Waals surface area contributed by atoms with Crippen LogP contribution in [0, 0.1) is 0 Å². The fourth-order valence-electron chi connectivity index (χ4n) is 1.81. The fourth-order valence-corrected chi connectivity index (χ4v) is 1.81. The summed E-state index contributed by atoms with van der Waals surface area (Å²) in [4.78, 5) is 11.9. The fraction of sp³-hybridized carbons (Fsp3) is 0.231. The highest BCUT2D eigenvalue weighted by atomic mass is 19.4. The second-order valence-corrected chi connectivity index (χ2v) is 4.12. The van der Waals surface area contributed by atoms with E-state index in [0.717, 1.165) is 11.8 Å². The summed E-state index contributed by atoms with van der Waals surface area (Å²) in [6.07, 6.45) is -3.12. The van der Waals surface area contributed by atoms with Gasteiger partial charge in [-0.2, -0.15) is 18.3 Å². The van der Waals surface area contributed by atoms with Crippen molar-refractivity contribution in [1.82, 2.24) is 10.2 Å². The molecule has 20 heavy (non-hydrogen) atoms. The Labute approximate surface area is 113 Å². The molecule has 0 saturated heterocycles. The summed E-state index contributed by atoms with van der Waals surface area (Å²) in [5.41, 5.74) is -0.334. The zero-order chi connectivity index (χ0) is 14.8. The average Bonchev–Trinajstić information content (AvgIpc) is 2.88. The first-order valence-electron chi connectivity index (χ1n) is 5.93. The van der Waals surface area contributed by atoms with Crippen LogP contribution < -0.4 is 5.32 Å². The molecule has 2 N–H and O–H groups in total. The van der Waals surface area contributed by atoms with Crippen molar-refractivity contribution in [2.24, 2.45) is 0 Å². The van der Waals surface area contributed by atoms with Gasteiger partial charge in [0.15, 0.2) is 5.69 Å².